The molecule has 0 spiro atoms. The highest BCUT2D eigenvalue weighted by atomic mass is 35.5. The summed E-state index contributed by atoms with van der Waals surface area (Å²) in [4.78, 5) is 11.8. The number of rotatable bonds is 5. The predicted octanol–water partition coefficient (Wildman–Crippen LogP) is 2.92. The second-order valence-electron chi connectivity index (χ2n) is 5.12. The van der Waals surface area contributed by atoms with Gasteiger partial charge in [0.05, 0.1) is 6.10 Å². The van der Waals surface area contributed by atoms with E-state index in [2.05, 4.69) is 20.8 Å². The maximum Gasteiger partial charge on any atom is 0.321 e. The van der Waals surface area contributed by atoms with Crippen LogP contribution in [0.1, 0.15) is 35.4 Å². The summed E-state index contributed by atoms with van der Waals surface area (Å²) in [6.45, 7) is 0.0990. The van der Waals surface area contributed by atoms with E-state index in [1.54, 1.807) is 24.3 Å². The molecule has 0 radical (unpaired) electrons. The predicted molar refractivity (Wildman–Crippen MR) is 85.3 cm³/mol. The van der Waals surface area contributed by atoms with E-state index in [4.69, 9.17) is 11.6 Å². The van der Waals surface area contributed by atoms with E-state index < -0.39 is 12.1 Å². The first-order chi connectivity index (χ1) is 10.6. The number of carbonyl (C=O) groups excluding carboxylic acids is 1. The molecule has 0 saturated heterocycles. The molecule has 0 bridgehead atoms. The molecule has 3 rings (SSSR count). The van der Waals surface area contributed by atoms with Crippen molar-refractivity contribution in [3.8, 4) is 0 Å². The number of hydrogen-bond acceptors (Lipinski definition) is 5. The molecule has 1 aliphatic carbocycles. The minimum atomic E-state index is -0.792. The van der Waals surface area contributed by atoms with Gasteiger partial charge in [0.15, 0.2) is 0 Å². The molecule has 116 valence electrons. The Morgan fingerprint density at radius 2 is 2.09 bits per heavy atom. The first-order valence-corrected chi connectivity index (χ1v) is 8.13. The highest BCUT2D eigenvalue weighted by Gasteiger charge is 2.27. The Bertz CT molecular complexity index is 657. The number of aliphatic hydroxyl groups excluding tert-OH is 1. The summed E-state index contributed by atoms with van der Waals surface area (Å²) in [6.07, 6.45) is 1.50. The Hall–Kier alpha value is -1.70. The summed E-state index contributed by atoms with van der Waals surface area (Å²) in [6, 6.07) is 6.42. The van der Waals surface area contributed by atoms with E-state index in [-0.39, 0.29) is 6.54 Å². The normalized spacial score (nSPS) is 15.4. The van der Waals surface area contributed by atoms with Crippen LogP contribution in [-0.4, -0.2) is 27.9 Å². The van der Waals surface area contributed by atoms with Crippen LogP contribution in [0.4, 0.5) is 9.93 Å². The third-order valence-electron chi connectivity index (χ3n) is 3.30. The van der Waals surface area contributed by atoms with Crippen LogP contribution in [0.25, 0.3) is 0 Å². The lowest BCUT2D eigenvalue weighted by molar-refractivity contribution is 0.175. The highest BCUT2D eigenvalue weighted by Crippen LogP contribution is 2.41. The third-order valence-corrected chi connectivity index (χ3v) is 4.55. The molecule has 8 heteroatoms. The molecule has 0 aliphatic heterocycles. The fourth-order valence-corrected chi connectivity index (χ4v) is 2.95. The highest BCUT2D eigenvalue weighted by molar-refractivity contribution is 7.15. The zero-order valence-corrected chi connectivity index (χ0v) is 13.2. The molecular weight excluding hydrogens is 324 g/mol. The molecule has 2 aromatic rings. The van der Waals surface area contributed by atoms with Gasteiger partial charge in [0.1, 0.15) is 5.01 Å². The molecule has 1 atom stereocenters. The number of nitrogens with one attached hydrogen (secondary N) is 2. The third kappa shape index (κ3) is 3.94. The summed E-state index contributed by atoms with van der Waals surface area (Å²) in [7, 11) is 0. The van der Waals surface area contributed by atoms with Crippen molar-refractivity contribution in [2.75, 3.05) is 11.9 Å². The molecule has 1 aliphatic rings. The number of amides is 2. The number of benzene rings is 1. The van der Waals surface area contributed by atoms with Crippen molar-refractivity contribution < 1.29 is 9.90 Å². The Kier molecular flexibility index (Phi) is 4.56. The van der Waals surface area contributed by atoms with E-state index in [0.29, 0.717) is 21.6 Å². The van der Waals surface area contributed by atoms with E-state index in [9.17, 15) is 9.90 Å². The topological polar surface area (TPSA) is 87.1 Å². The van der Waals surface area contributed by atoms with Crippen LogP contribution in [-0.2, 0) is 0 Å². The van der Waals surface area contributed by atoms with Gasteiger partial charge in [0.25, 0.3) is 0 Å². The van der Waals surface area contributed by atoms with Crippen molar-refractivity contribution in [1.82, 2.24) is 15.5 Å². The molecule has 1 aromatic carbocycles. The summed E-state index contributed by atoms with van der Waals surface area (Å²) < 4.78 is 0. The minimum Gasteiger partial charge on any atom is -0.387 e. The van der Waals surface area contributed by atoms with Gasteiger partial charge in [-0.2, -0.15) is 0 Å². The lowest BCUT2D eigenvalue weighted by Gasteiger charge is -2.12. The number of hydrogen-bond donors (Lipinski definition) is 3. The average Bonchev–Trinajstić information content (AvgIpc) is 3.26. The van der Waals surface area contributed by atoms with Gasteiger partial charge in [0.2, 0.25) is 5.13 Å². The van der Waals surface area contributed by atoms with Crippen molar-refractivity contribution in [2.24, 2.45) is 0 Å². The SMILES string of the molecule is O=C(NCC(O)c1ccc(Cl)cc1)Nc1nnc(C2CC2)s1. The van der Waals surface area contributed by atoms with Crippen LogP contribution < -0.4 is 10.6 Å². The minimum absolute atomic E-state index is 0.0990. The molecule has 1 aromatic heterocycles. The number of aromatic nitrogens is 2. The number of carbonyl (C=O) groups is 1. The first kappa shape index (κ1) is 15.2. The van der Waals surface area contributed by atoms with Crippen LogP contribution in [0.5, 0.6) is 0 Å². The fourth-order valence-electron chi connectivity index (χ4n) is 1.91. The van der Waals surface area contributed by atoms with Crippen molar-refractivity contribution >= 4 is 34.1 Å². The Morgan fingerprint density at radius 1 is 1.36 bits per heavy atom. The van der Waals surface area contributed by atoms with Gasteiger partial charge in [-0.3, -0.25) is 5.32 Å². The lowest BCUT2D eigenvalue weighted by Crippen LogP contribution is -2.32. The van der Waals surface area contributed by atoms with Gasteiger partial charge in [-0.15, -0.1) is 10.2 Å². The average molecular weight is 339 g/mol. The van der Waals surface area contributed by atoms with E-state index in [1.807, 2.05) is 0 Å². The number of aliphatic hydroxyl groups is 1. The molecule has 1 fully saturated rings. The molecule has 22 heavy (non-hydrogen) atoms. The van der Waals surface area contributed by atoms with Gasteiger partial charge >= 0.3 is 6.03 Å². The largest absolute Gasteiger partial charge is 0.387 e. The van der Waals surface area contributed by atoms with Crippen molar-refractivity contribution in [2.45, 2.75) is 24.9 Å². The van der Waals surface area contributed by atoms with Crippen molar-refractivity contribution in [3.63, 3.8) is 0 Å². The monoisotopic (exact) mass is 338 g/mol. The van der Waals surface area contributed by atoms with Gasteiger partial charge in [-0.05, 0) is 30.5 Å². The second-order valence-corrected chi connectivity index (χ2v) is 6.57. The Balaban J connectivity index is 1.47. The number of urea groups is 1. The maximum atomic E-state index is 11.8. The fraction of sp³-hybridized carbons (Fsp3) is 0.357. The zero-order valence-electron chi connectivity index (χ0n) is 11.6. The van der Waals surface area contributed by atoms with Gasteiger partial charge in [0, 0.05) is 17.5 Å². The van der Waals surface area contributed by atoms with Crippen LogP contribution in [0.15, 0.2) is 24.3 Å². The molecule has 6 nitrogen and oxygen atoms in total. The lowest BCUT2D eigenvalue weighted by atomic mass is 10.1. The maximum absolute atomic E-state index is 11.8. The van der Waals surface area contributed by atoms with E-state index in [1.165, 1.54) is 11.3 Å². The molecule has 1 unspecified atom stereocenters. The zero-order chi connectivity index (χ0) is 15.5. The van der Waals surface area contributed by atoms with Crippen LogP contribution in [0.3, 0.4) is 0 Å². The standard InChI is InChI=1S/C14H15ClN4O2S/c15-10-5-3-8(4-6-10)11(20)7-16-13(21)17-14-19-18-12(22-14)9-1-2-9/h3-6,9,11,20H,1-2,7H2,(H2,16,17,19,21). The van der Waals surface area contributed by atoms with Crippen LogP contribution in [0.2, 0.25) is 5.02 Å². The molecule has 2 amide bonds. The van der Waals surface area contributed by atoms with Crippen LogP contribution >= 0.6 is 22.9 Å². The van der Waals surface area contributed by atoms with Gasteiger partial charge < -0.3 is 10.4 Å². The number of nitrogens with zero attached hydrogens (tertiary/aromatic N) is 2. The number of anilines is 1. The molecule has 1 heterocycles. The van der Waals surface area contributed by atoms with Crippen LogP contribution in [0, 0.1) is 0 Å². The number of halogens is 1. The summed E-state index contributed by atoms with van der Waals surface area (Å²) in [5.74, 6) is 0.517. The second kappa shape index (κ2) is 6.60. The Morgan fingerprint density at radius 3 is 2.77 bits per heavy atom. The van der Waals surface area contributed by atoms with Gasteiger partial charge in [-0.1, -0.05) is 35.1 Å². The molecule has 1 saturated carbocycles. The van der Waals surface area contributed by atoms with E-state index in [0.717, 1.165) is 17.8 Å². The van der Waals surface area contributed by atoms with Crippen molar-refractivity contribution in [3.05, 3.63) is 39.9 Å². The van der Waals surface area contributed by atoms with E-state index >= 15 is 0 Å². The van der Waals surface area contributed by atoms with Gasteiger partial charge in [-0.25, -0.2) is 4.79 Å². The smallest absolute Gasteiger partial charge is 0.321 e. The molecular formula is C14H15ClN4O2S. The summed E-state index contributed by atoms with van der Waals surface area (Å²) >= 11 is 7.18. The Labute approximate surface area is 136 Å². The van der Waals surface area contributed by atoms with Crippen molar-refractivity contribution in [1.29, 1.82) is 0 Å². The quantitative estimate of drug-likeness (QED) is 0.782. The summed E-state index contributed by atoms with van der Waals surface area (Å²) in [5.41, 5.74) is 0.691. The first-order valence-electron chi connectivity index (χ1n) is 6.93. The molecule has 3 N–H and O–H groups in total. The summed E-state index contributed by atoms with van der Waals surface area (Å²) in [5, 5.41) is 25.2.